The van der Waals surface area contributed by atoms with Gasteiger partial charge in [0, 0.05) is 43.0 Å². The summed E-state index contributed by atoms with van der Waals surface area (Å²) >= 11 is 11.9. The zero-order valence-corrected chi connectivity index (χ0v) is 22.8. The minimum atomic E-state index is -0.270. The molecule has 3 aromatic carbocycles. The van der Waals surface area contributed by atoms with E-state index in [1.807, 2.05) is 60.4 Å². The quantitative estimate of drug-likeness (QED) is 0.401. The number of nitrogens with zero attached hydrogens (tertiary/aromatic N) is 2. The fraction of sp³-hybridized carbons (Fsp3) is 0.276. The number of amides is 2. The van der Waals surface area contributed by atoms with Crippen molar-refractivity contribution in [3.63, 3.8) is 0 Å². The number of benzene rings is 3. The third-order valence-corrected chi connectivity index (χ3v) is 7.06. The van der Waals surface area contributed by atoms with E-state index in [4.69, 9.17) is 23.8 Å². The molecule has 1 fully saturated rings. The highest BCUT2D eigenvalue weighted by atomic mass is 35.5. The molecular weight excluding hydrogens is 504 g/mol. The van der Waals surface area contributed by atoms with Crippen LogP contribution in [0.4, 0.5) is 11.4 Å². The van der Waals surface area contributed by atoms with Gasteiger partial charge in [-0.2, -0.15) is 0 Å². The summed E-state index contributed by atoms with van der Waals surface area (Å²) in [6.07, 6.45) is 0. The lowest BCUT2D eigenvalue weighted by atomic mass is 10.0. The predicted octanol–water partition coefficient (Wildman–Crippen LogP) is 5.86. The monoisotopic (exact) mass is 534 g/mol. The maximum absolute atomic E-state index is 12.9. The summed E-state index contributed by atoms with van der Waals surface area (Å²) in [6.45, 7) is 8.80. The van der Waals surface area contributed by atoms with Crippen molar-refractivity contribution in [2.45, 2.75) is 26.7 Å². The molecule has 0 aromatic heterocycles. The fourth-order valence-corrected chi connectivity index (χ4v) is 4.84. The number of piperazine rings is 1. The van der Waals surface area contributed by atoms with Gasteiger partial charge in [0.05, 0.1) is 10.7 Å². The second-order valence-corrected chi connectivity index (χ2v) is 10.3. The Hall–Kier alpha value is -3.42. The lowest BCUT2D eigenvalue weighted by Crippen LogP contribution is -2.49. The van der Waals surface area contributed by atoms with Gasteiger partial charge in [-0.1, -0.05) is 55.8 Å². The first-order chi connectivity index (χ1) is 17.7. The molecule has 192 valence electrons. The first-order valence-electron chi connectivity index (χ1n) is 12.3. The van der Waals surface area contributed by atoms with Crippen molar-refractivity contribution in [2.24, 2.45) is 0 Å². The molecule has 0 aliphatic carbocycles. The summed E-state index contributed by atoms with van der Waals surface area (Å²) in [4.78, 5) is 29.5. The van der Waals surface area contributed by atoms with Crippen molar-refractivity contribution in [3.8, 4) is 0 Å². The van der Waals surface area contributed by atoms with Gasteiger partial charge < -0.3 is 15.1 Å². The Morgan fingerprint density at radius 2 is 1.62 bits per heavy atom. The van der Waals surface area contributed by atoms with E-state index in [1.165, 1.54) is 5.56 Å². The van der Waals surface area contributed by atoms with Gasteiger partial charge >= 0.3 is 0 Å². The zero-order chi connectivity index (χ0) is 26.5. The second-order valence-electron chi connectivity index (χ2n) is 9.45. The highest BCUT2D eigenvalue weighted by Gasteiger charge is 2.24. The minimum absolute atomic E-state index is 0.0646. The van der Waals surface area contributed by atoms with Gasteiger partial charge in [-0.25, -0.2) is 0 Å². The van der Waals surface area contributed by atoms with Crippen LogP contribution in [0.2, 0.25) is 5.02 Å². The molecule has 0 radical (unpaired) electrons. The van der Waals surface area contributed by atoms with E-state index < -0.39 is 0 Å². The molecule has 0 saturated carbocycles. The summed E-state index contributed by atoms with van der Waals surface area (Å²) in [6, 6.07) is 20.8. The molecule has 0 bridgehead atoms. The lowest BCUT2D eigenvalue weighted by molar-refractivity contribution is 0.0746. The highest BCUT2D eigenvalue weighted by Crippen LogP contribution is 2.30. The zero-order valence-electron chi connectivity index (χ0n) is 21.3. The first kappa shape index (κ1) is 26.6. The molecule has 0 atom stereocenters. The van der Waals surface area contributed by atoms with Crippen LogP contribution in [0.5, 0.6) is 0 Å². The Kier molecular flexibility index (Phi) is 8.46. The first-order valence-corrected chi connectivity index (χ1v) is 13.1. The van der Waals surface area contributed by atoms with Gasteiger partial charge in [-0.05, 0) is 72.6 Å². The van der Waals surface area contributed by atoms with Crippen molar-refractivity contribution in [1.29, 1.82) is 0 Å². The van der Waals surface area contributed by atoms with Crippen molar-refractivity contribution in [2.75, 3.05) is 36.4 Å². The molecule has 1 aliphatic rings. The number of carbonyl (C=O) groups is 2. The average molecular weight is 535 g/mol. The molecular formula is C29H31ClN4O2S. The molecule has 1 saturated heterocycles. The van der Waals surface area contributed by atoms with Gasteiger partial charge in [-0.15, -0.1) is 0 Å². The van der Waals surface area contributed by atoms with Crippen LogP contribution >= 0.6 is 23.8 Å². The fourth-order valence-electron chi connectivity index (χ4n) is 4.33. The predicted molar refractivity (Wildman–Crippen MR) is 155 cm³/mol. The number of aryl methyl sites for hydroxylation is 1. The Morgan fingerprint density at radius 1 is 0.946 bits per heavy atom. The molecule has 3 aromatic rings. The SMILES string of the molecule is Cc1ccccc1C(=O)N1CCN(c2ccc(NC(=S)NC(=O)c3ccc(C(C)C)cc3)cc2Cl)CC1. The summed E-state index contributed by atoms with van der Waals surface area (Å²) in [5.41, 5.74) is 5.03. The van der Waals surface area contributed by atoms with Gasteiger partial charge in [0.15, 0.2) is 5.11 Å². The smallest absolute Gasteiger partial charge is 0.257 e. The molecule has 1 aliphatic heterocycles. The van der Waals surface area contributed by atoms with Crippen LogP contribution in [0.15, 0.2) is 66.7 Å². The molecule has 8 heteroatoms. The maximum Gasteiger partial charge on any atom is 0.257 e. The summed E-state index contributed by atoms with van der Waals surface area (Å²) in [5, 5.41) is 6.52. The van der Waals surface area contributed by atoms with E-state index in [1.54, 1.807) is 18.2 Å². The molecule has 6 nitrogen and oxygen atoms in total. The molecule has 2 N–H and O–H groups in total. The van der Waals surface area contributed by atoms with Gasteiger partial charge in [0.1, 0.15) is 0 Å². The maximum atomic E-state index is 12.9. The van der Waals surface area contributed by atoms with Crippen LogP contribution < -0.4 is 15.5 Å². The second kappa shape index (κ2) is 11.8. The highest BCUT2D eigenvalue weighted by molar-refractivity contribution is 7.80. The Morgan fingerprint density at radius 3 is 2.24 bits per heavy atom. The van der Waals surface area contributed by atoms with Crippen LogP contribution in [0.1, 0.15) is 51.6 Å². The number of hydrogen-bond acceptors (Lipinski definition) is 4. The van der Waals surface area contributed by atoms with Gasteiger partial charge in [-0.3, -0.25) is 14.9 Å². The largest absolute Gasteiger partial charge is 0.367 e. The Bertz CT molecular complexity index is 1300. The molecule has 0 spiro atoms. The van der Waals surface area contributed by atoms with Crippen LogP contribution in [0, 0.1) is 6.92 Å². The minimum Gasteiger partial charge on any atom is -0.367 e. The van der Waals surface area contributed by atoms with E-state index >= 15 is 0 Å². The van der Waals surface area contributed by atoms with E-state index in [-0.39, 0.29) is 16.9 Å². The third-order valence-electron chi connectivity index (χ3n) is 6.56. The third kappa shape index (κ3) is 6.48. The number of carbonyl (C=O) groups excluding carboxylic acids is 2. The van der Waals surface area contributed by atoms with E-state index in [9.17, 15) is 9.59 Å². The van der Waals surface area contributed by atoms with E-state index in [2.05, 4.69) is 29.4 Å². The van der Waals surface area contributed by atoms with Gasteiger partial charge in [0.25, 0.3) is 11.8 Å². The summed E-state index contributed by atoms with van der Waals surface area (Å²) in [5.74, 6) is 0.195. The number of rotatable bonds is 5. The molecule has 0 unspecified atom stereocenters. The Balaban J connectivity index is 1.32. The van der Waals surface area contributed by atoms with Crippen molar-refractivity contribution in [3.05, 3.63) is 94.0 Å². The van der Waals surface area contributed by atoms with Crippen LogP contribution in [-0.4, -0.2) is 48.0 Å². The number of halogens is 1. The lowest BCUT2D eigenvalue weighted by Gasteiger charge is -2.36. The normalized spacial score (nSPS) is 13.4. The molecule has 37 heavy (non-hydrogen) atoms. The molecule has 4 rings (SSSR count). The number of hydrogen-bond donors (Lipinski definition) is 2. The van der Waals surface area contributed by atoms with Gasteiger partial charge in [0.2, 0.25) is 0 Å². The van der Waals surface area contributed by atoms with Crippen LogP contribution in [0.3, 0.4) is 0 Å². The summed E-state index contributed by atoms with van der Waals surface area (Å²) in [7, 11) is 0. The average Bonchev–Trinajstić information content (AvgIpc) is 2.89. The van der Waals surface area contributed by atoms with Crippen molar-refractivity contribution >= 4 is 52.1 Å². The van der Waals surface area contributed by atoms with Crippen molar-refractivity contribution < 1.29 is 9.59 Å². The Labute approximate surface area is 228 Å². The standard InChI is InChI=1S/C29H31ClN4O2S/c1-19(2)21-8-10-22(11-9-21)27(35)32-29(37)31-23-12-13-26(25(30)18-23)33-14-16-34(17-15-33)28(36)24-7-5-4-6-20(24)3/h4-13,18-19H,14-17H2,1-3H3,(H2,31,32,35,37). The number of nitrogens with one attached hydrogen (secondary N) is 2. The molecule has 1 heterocycles. The number of anilines is 2. The topological polar surface area (TPSA) is 64.7 Å². The summed E-state index contributed by atoms with van der Waals surface area (Å²) < 4.78 is 0. The van der Waals surface area contributed by atoms with Crippen molar-refractivity contribution in [1.82, 2.24) is 10.2 Å². The molecule has 2 amide bonds. The van der Waals surface area contributed by atoms with Crippen LogP contribution in [-0.2, 0) is 0 Å². The number of thiocarbonyl (C=S) groups is 1. The van der Waals surface area contributed by atoms with Crippen LogP contribution in [0.25, 0.3) is 0 Å². The van der Waals surface area contributed by atoms with E-state index in [0.29, 0.717) is 48.4 Å². The van der Waals surface area contributed by atoms with E-state index in [0.717, 1.165) is 16.8 Å².